The van der Waals surface area contributed by atoms with Crippen molar-refractivity contribution in [3.8, 4) is 11.5 Å². The van der Waals surface area contributed by atoms with Gasteiger partial charge in [-0.15, -0.1) is 0 Å². The Kier molecular flexibility index (Phi) is 4.85. The molecule has 0 radical (unpaired) electrons. The summed E-state index contributed by atoms with van der Waals surface area (Å²) in [5.74, 6) is 0.0190. The standard InChI is InChI=1S/C18H16FN3O3/c1-11-21-18(25-22-11)13-8-6-12(7-9-13)17(24)20-10-16(23)14-4-2-3-5-15(14)19/h2-9,16,23H,10H2,1H3,(H,20,24). The number of nitrogens with zero attached hydrogens (tertiary/aromatic N) is 2. The maximum Gasteiger partial charge on any atom is 0.257 e. The summed E-state index contributed by atoms with van der Waals surface area (Å²) in [6.45, 7) is 1.63. The number of carbonyl (C=O) groups excluding carboxylic acids is 1. The van der Waals surface area contributed by atoms with Crippen LogP contribution in [0.25, 0.3) is 11.5 Å². The van der Waals surface area contributed by atoms with E-state index in [0.717, 1.165) is 0 Å². The van der Waals surface area contributed by atoms with E-state index in [9.17, 15) is 14.3 Å². The van der Waals surface area contributed by atoms with E-state index in [2.05, 4.69) is 15.5 Å². The Morgan fingerprint density at radius 1 is 1.24 bits per heavy atom. The van der Waals surface area contributed by atoms with Gasteiger partial charge in [-0.3, -0.25) is 4.79 Å². The van der Waals surface area contributed by atoms with Crippen LogP contribution in [0.5, 0.6) is 0 Å². The van der Waals surface area contributed by atoms with Gasteiger partial charge in [-0.25, -0.2) is 4.39 Å². The Labute approximate surface area is 143 Å². The van der Waals surface area contributed by atoms with Crippen molar-refractivity contribution in [2.75, 3.05) is 6.54 Å². The Hall–Kier alpha value is -3.06. The van der Waals surface area contributed by atoms with Gasteiger partial charge in [-0.05, 0) is 37.3 Å². The van der Waals surface area contributed by atoms with Gasteiger partial charge in [0.2, 0.25) is 0 Å². The minimum Gasteiger partial charge on any atom is -0.386 e. The van der Waals surface area contributed by atoms with Gasteiger partial charge in [-0.1, -0.05) is 23.4 Å². The molecule has 2 N–H and O–H groups in total. The molecule has 128 valence electrons. The molecule has 6 nitrogen and oxygen atoms in total. The summed E-state index contributed by atoms with van der Waals surface area (Å²) in [5, 5.41) is 16.3. The highest BCUT2D eigenvalue weighted by molar-refractivity contribution is 5.94. The fourth-order valence-corrected chi connectivity index (χ4v) is 2.33. The van der Waals surface area contributed by atoms with Crippen LogP contribution in [0.4, 0.5) is 4.39 Å². The lowest BCUT2D eigenvalue weighted by Gasteiger charge is -2.13. The lowest BCUT2D eigenvalue weighted by atomic mass is 10.1. The molecule has 0 spiro atoms. The second-order valence-corrected chi connectivity index (χ2v) is 5.47. The average molecular weight is 341 g/mol. The Bertz CT molecular complexity index is 877. The van der Waals surface area contributed by atoms with Crippen molar-refractivity contribution in [3.05, 3.63) is 71.3 Å². The van der Waals surface area contributed by atoms with Crippen LogP contribution in [0.15, 0.2) is 53.1 Å². The van der Waals surface area contributed by atoms with Crippen molar-refractivity contribution in [1.82, 2.24) is 15.5 Å². The zero-order chi connectivity index (χ0) is 17.8. The third-order valence-electron chi connectivity index (χ3n) is 3.64. The summed E-state index contributed by atoms with van der Waals surface area (Å²) in [5.41, 5.74) is 1.24. The molecule has 0 aliphatic heterocycles. The summed E-state index contributed by atoms with van der Waals surface area (Å²) < 4.78 is 18.7. The van der Waals surface area contributed by atoms with Gasteiger partial charge in [0.05, 0.1) is 6.10 Å². The number of nitrogens with one attached hydrogen (secondary N) is 1. The number of aromatic nitrogens is 2. The van der Waals surface area contributed by atoms with Crippen molar-refractivity contribution >= 4 is 5.91 Å². The first-order chi connectivity index (χ1) is 12.0. The molecule has 1 unspecified atom stereocenters. The largest absolute Gasteiger partial charge is 0.386 e. The Morgan fingerprint density at radius 3 is 2.60 bits per heavy atom. The van der Waals surface area contributed by atoms with Gasteiger partial charge in [0.25, 0.3) is 11.8 Å². The average Bonchev–Trinajstić information content (AvgIpc) is 3.06. The van der Waals surface area contributed by atoms with Crippen molar-refractivity contribution in [2.45, 2.75) is 13.0 Å². The number of aliphatic hydroxyl groups is 1. The zero-order valence-electron chi connectivity index (χ0n) is 13.4. The summed E-state index contributed by atoms with van der Waals surface area (Å²) in [6, 6.07) is 12.5. The molecule has 0 saturated carbocycles. The van der Waals surface area contributed by atoms with Gasteiger partial charge < -0.3 is 14.9 Å². The van der Waals surface area contributed by atoms with E-state index >= 15 is 0 Å². The lowest BCUT2D eigenvalue weighted by Crippen LogP contribution is -2.28. The van der Waals surface area contributed by atoms with Crippen LogP contribution in [0.2, 0.25) is 0 Å². The fraction of sp³-hybridized carbons (Fsp3) is 0.167. The van der Waals surface area contributed by atoms with E-state index in [1.807, 2.05) is 0 Å². The SMILES string of the molecule is Cc1noc(-c2ccc(C(=O)NCC(O)c3ccccc3F)cc2)n1. The summed E-state index contributed by atoms with van der Waals surface area (Å²) in [6.07, 6.45) is -1.12. The summed E-state index contributed by atoms with van der Waals surface area (Å²) in [4.78, 5) is 16.3. The number of carbonyl (C=O) groups is 1. The molecule has 1 heterocycles. The summed E-state index contributed by atoms with van der Waals surface area (Å²) in [7, 11) is 0. The van der Waals surface area contributed by atoms with E-state index in [-0.39, 0.29) is 18.0 Å². The van der Waals surface area contributed by atoms with Crippen LogP contribution in [-0.2, 0) is 0 Å². The topological polar surface area (TPSA) is 88.2 Å². The second-order valence-electron chi connectivity index (χ2n) is 5.47. The quantitative estimate of drug-likeness (QED) is 0.745. The molecule has 2 aromatic carbocycles. The van der Waals surface area contributed by atoms with Gasteiger partial charge in [0.1, 0.15) is 5.82 Å². The highest BCUT2D eigenvalue weighted by Crippen LogP contribution is 2.18. The molecular formula is C18H16FN3O3. The van der Waals surface area contributed by atoms with Crippen molar-refractivity contribution in [3.63, 3.8) is 0 Å². The van der Waals surface area contributed by atoms with Gasteiger partial charge in [0.15, 0.2) is 5.82 Å². The third kappa shape index (κ3) is 3.89. The van der Waals surface area contributed by atoms with Crippen LogP contribution in [0, 0.1) is 12.7 Å². The van der Waals surface area contributed by atoms with Crippen LogP contribution in [-0.4, -0.2) is 27.7 Å². The van der Waals surface area contributed by atoms with E-state index in [0.29, 0.717) is 22.8 Å². The smallest absolute Gasteiger partial charge is 0.257 e. The number of hydrogen-bond donors (Lipinski definition) is 2. The number of amides is 1. The Balaban J connectivity index is 1.62. The molecule has 7 heteroatoms. The predicted molar refractivity (Wildman–Crippen MR) is 88.2 cm³/mol. The first kappa shape index (κ1) is 16.8. The van der Waals surface area contributed by atoms with Gasteiger partial charge in [-0.2, -0.15) is 4.98 Å². The van der Waals surface area contributed by atoms with E-state index < -0.39 is 11.9 Å². The normalized spacial score (nSPS) is 12.0. The van der Waals surface area contributed by atoms with E-state index in [1.54, 1.807) is 37.3 Å². The van der Waals surface area contributed by atoms with Crippen LogP contribution < -0.4 is 5.32 Å². The molecule has 1 amide bonds. The van der Waals surface area contributed by atoms with E-state index in [1.165, 1.54) is 18.2 Å². The molecule has 0 bridgehead atoms. The number of aryl methyl sites for hydroxylation is 1. The van der Waals surface area contributed by atoms with Crippen molar-refractivity contribution < 1.29 is 18.8 Å². The molecule has 3 rings (SSSR count). The minimum absolute atomic E-state index is 0.0929. The Morgan fingerprint density at radius 2 is 1.96 bits per heavy atom. The minimum atomic E-state index is -1.12. The number of benzene rings is 2. The second kappa shape index (κ2) is 7.23. The van der Waals surface area contributed by atoms with Crippen LogP contribution in [0.3, 0.4) is 0 Å². The molecule has 0 aliphatic carbocycles. The number of aliphatic hydroxyl groups excluding tert-OH is 1. The maximum absolute atomic E-state index is 13.6. The molecular weight excluding hydrogens is 325 g/mol. The molecule has 0 aliphatic rings. The maximum atomic E-state index is 13.6. The molecule has 1 aromatic heterocycles. The summed E-state index contributed by atoms with van der Waals surface area (Å²) >= 11 is 0. The molecule has 1 atom stereocenters. The molecule has 0 fully saturated rings. The van der Waals surface area contributed by atoms with E-state index in [4.69, 9.17) is 4.52 Å². The molecule has 0 saturated heterocycles. The lowest BCUT2D eigenvalue weighted by molar-refractivity contribution is 0.0914. The number of hydrogen-bond acceptors (Lipinski definition) is 5. The molecule has 3 aromatic rings. The first-order valence-electron chi connectivity index (χ1n) is 7.66. The van der Waals surface area contributed by atoms with Crippen LogP contribution in [0.1, 0.15) is 27.8 Å². The van der Waals surface area contributed by atoms with Gasteiger partial charge >= 0.3 is 0 Å². The van der Waals surface area contributed by atoms with Gasteiger partial charge in [0, 0.05) is 23.2 Å². The van der Waals surface area contributed by atoms with Crippen molar-refractivity contribution in [1.29, 1.82) is 0 Å². The highest BCUT2D eigenvalue weighted by atomic mass is 19.1. The predicted octanol–water partition coefficient (Wildman–Crippen LogP) is 2.65. The number of rotatable bonds is 5. The van der Waals surface area contributed by atoms with Crippen molar-refractivity contribution in [2.24, 2.45) is 0 Å². The first-order valence-corrected chi connectivity index (χ1v) is 7.66. The number of halogens is 1. The molecule has 25 heavy (non-hydrogen) atoms. The highest BCUT2D eigenvalue weighted by Gasteiger charge is 2.14. The monoisotopic (exact) mass is 341 g/mol. The van der Waals surface area contributed by atoms with Crippen LogP contribution >= 0.6 is 0 Å². The fourth-order valence-electron chi connectivity index (χ4n) is 2.33. The third-order valence-corrected chi connectivity index (χ3v) is 3.64. The zero-order valence-corrected chi connectivity index (χ0v) is 13.4.